The summed E-state index contributed by atoms with van der Waals surface area (Å²) in [7, 11) is 1.48. The number of carboxylic acid groups (broad SMARTS) is 1. The van der Waals surface area contributed by atoms with Gasteiger partial charge in [0.2, 0.25) is 5.91 Å². The molecule has 1 unspecified atom stereocenters. The molecule has 4 aliphatic rings. The summed E-state index contributed by atoms with van der Waals surface area (Å²) in [5.74, 6) is -2.28. The van der Waals surface area contributed by atoms with Crippen molar-refractivity contribution in [2.24, 2.45) is 0 Å². The molecule has 1 aromatic carbocycles. The van der Waals surface area contributed by atoms with E-state index in [9.17, 15) is 19.2 Å². The molecule has 3 amide bonds. The van der Waals surface area contributed by atoms with E-state index in [-0.39, 0.29) is 24.4 Å². The third kappa shape index (κ3) is 2.60. The number of imide groups is 1. The lowest BCUT2D eigenvalue weighted by Crippen LogP contribution is -2.42. The van der Waals surface area contributed by atoms with E-state index >= 15 is 0 Å². The zero-order valence-electron chi connectivity index (χ0n) is 18.2. The van der Waals surface area contributed by atoms with Gasteiger partial charge in [-0.25, -0.2) is 0 Å². The lowest BCUT2D eigenvalue weighted by molar-refractivity contribution is -0.137. The number of H-pyrrole nitrogens is 1. The van der Waals surface area contributed by atoms with Crippen LogP contribution >= 0.6 is 0 Å². The fourth-order valence-corrected chi connectivity index (χ4v) is 5.37. The van der Waals surface area contributed by atoms with Crippen LogP contribution < -0.4 is 20.8 Å². The van der Waals surface area contributed by atoms with Gasteiger partial charge < -0.3 is 20.3 Å². The third-order valence-electron chi connectivity index (χ3n) is 6.78. The molecular weight excluding hydrogens is 436 g/mol. The number of hydrogen-bond donors (Lipinski definition) is 3. The number of fused-ring (bicyclic) bond motifs is 9. The molecule has 0 saturated heterocycles. The maximum Gasteiger partial charge on any atom is 0.322 e. The van der Waals surface area contributed by atoms with Gasteiger partial charge in [-0.05, 0) is 23.6 Å². The van der Waals surface area contributed by atoms with Crippen molar-refractivity contribution in [1.29, 1.82) is 0 Å². The summed E-state index contributed by atoms with van der Waals surface area (Å²) in [4.78, 5) is 56.7. The minimum absolute atomic E-state index is 0.107. The Bertz CT molecular complexity index is 1570. The van der Waals surface area contributed by atoms with Crippen molar-refractivity contribution >= 4 is 51.9 Å². The molecule has 0 saturated carbocycles. The monoisotopic (exact) mass is 456 g/mol. The molecule has 0 fully saturated rings. The Labute approximate surface area is 193 Å². The second-order valence-electron chi connectivity index (χ2n) is 8.65. The number of aromatic amines is 1. The number of nitrogens with zero attached hydrogens (tertiary/aromatic N) is 2. The Kier molecular flexibility index (Phi) is 4.19. The Morgan fingerprint density at radius 1 is 1.18 bits per heavy atom. The number of amides is 3. The topological polar surface area (TPSA) is 123 Å². The second-order valence-corrected chi connectivity index (χ2v) is 8.65. The number of carboxylic acids is 1. The number of aliphatic carboxylic acids is 1. The van der Waals surface area contributed by atoms with E-state index in [0.29, 0.717) is 39.4 Å². The zero-order valence-corrected chi connectivity index (χ0v) is 18.2. The van der Waals surface area contributed by atoms with Crippen LogP contribution in [0.4, 0.5) is 5.69 Å². The average Bonchev–Trinajstić information content (AvgIpc) is 3.43. The fourth-order valence-electron chi connectivity index (χ4n) is 5.37. The second kappa shape index (κ2) is 7.05. The number of allylic oxidation sites excluding steroid dienone is 4. The van der Waals surface area contributed by atoms with Crippen LogP contribution in [-0.4, -0.2) is 64.9 Å². The van der Waals surface area contributed by atoms with Gasteiger partial charge in [0.15, 0.2) is 0 Å². The van der Waals surface area contributed by atoms with Crippen LogP contribution in [0.15, 0.2) is 36.5 Å². The highest BCUT2D eigenvalue weighted by molar-refractivity contribution is 6.29. The highest BCUT2D eigenvalue weighted by Crippen LogP contribution is 2.40. The Morgan fingerprint density at radius 2 is 1.97 bits per heavy atom. The molecule has 3 heterocycles. The van der Waals surface area contributed by atoms with E-state index in [4.69, 9.17) is 5.11 Å². The first-order chi connectivity index (χ1) is 16.4. The van der Waals surface area contributed by atoms with E-state index < -0.39 is 18.4 Å². The van der Waals surface area contributed by atoms with Crippen LogP contribution in [-0.2, 0) is 16.0 Å². The normalized spacial score (nSPS) is 19.3. The van der Waals surface area contributed by atoms with E-state index in [1.165, 1.54) is 7.05 Å². The van der Waals surface area contributed by atoms with Gasteiger partial charge in [-0.15, -0.1) is 0 Å². The van der Waals surface area contributed by atoms with Crippen molar-refractivity contribution < 1.29 is 24.3 Å². The molecule has 0 spiro atoms. The average molecular weight is 456 g/mol. The van der Waals surface area contributed by atoms with Crippen LogP contribution in [0.25, 0.3) is 22.6 Å². The molecule has 0 radical (unpaired) electrons. The summed E-state index contributed by atoms with van der Waals surface area (Å²) in [6.07, 6.45) is 14.0. The van der Waals surface area contributed by atoms with Crippen LogP contribution in [0.3, 0.4) is 0 Å². The summed E-state index contributed by atoms with van der Waals surface area (Å²) in [5, 5.41) is 13.6. The smallest absolute Gasteiger partial charge is 0.322 e. The lowest BCUT2D eigenvalue weighted by Gasteiger charge is -2.28. The Hall–Kier alpha value is -4.40. The van der Waals surface area contributed by atoms with E-state index in [0.717, 1.165) is 21.4 Å². The van der Waals surface area contributed by atoms with Gasteiger partial charge in [0.05, 0.1) is 34.9 Å². The summed E-state index contributed by atoms with van der Waals surface area (Å²) in [5.41, 5.74) is 3.90. The van der Waals surface area contributed by atoms with Gasteiger partial charge in [-0.1, -0.05) is 36.5 Å². The van der Waals surface area contributed by atoms with Crippen molar-refractivity contribution in [3.8, 4) is 0 Å². The van der Waals surface area contributed by atoms with E-state index in [1.54, 1.807) is 0 Å². The van der Waals surface area contributed by atoms with Crippen LogP contribution in [0, 0.1) is 0 Å². The van der Waals surface area contributed by atoms with Crippen LogP contribution in [0.1, 0.15) is 26.3 Å². The molecule has 1 aromatic heterocycles. The number of benzene rings is 1. The summed E-state index contributed by atoms with van der Waals surface area (Å²) < 4.78 is 0. The lowest BCUT2D eigenvalue weighted by atomic mass is 9.94. The van der Waals surface area contributed by atoms with Crippen molar-refractivity contribution in [2.75, 3.05) is 25.0 Å². The SMILES string of the molecule is CN1C(=O)c2c(c3c4c([nH]c3c3c2=C2C=CC=CC2N3CC(=O)NCC(=O)O)=CC=CC4)C1=O. The van der Waals surface area contributed by atoms with Gasteiger partial charge in [0, 0.05) is 23.0 Å². The zero-order chi connectivity index (χ0) is 23.7. The van der Waals surface area contributed by atoms with Gasteiger partial charge >= 0.3 is 5.97 Å². The van der Waals surface area contributed by atoms with Crippen molar-refractivity contribution in [3.05, 3.63) is 63.7 Å². The molecule has 2 aliphatic heterocycles. The van der Waals surface area contributed by atoms with Gasteiger partial charge in [0.25, 0.3) is 11.8 Å². The van der Waals surface area contributed by atoms with Crippen molar-refractivity contribution in [2.45, 2.75) is 12.5 Å². The Balaban J connectivity index is 1.67. The highest BCUT2D eigenvalue weighted by atomic mass is 16.4. The molecule has 6 rings (SSSR count). The molecule has 3 N–H and O–H groups in total. The number of rotatable bonds is 4. The molecular formula is C25H20N4O5. The molecule has 9 heteroatoms. The first kappa shape index (κ1) is 20.2. The Morgan fingerprint density at radius 3 is 2.76 bits per heavy atom. The van der Waals surface area contributed by atoms with Crippen molar-refractivity contribution in [3.63, 3.8) is 0 Å². The minimum Gasteiger partial charge on any atom is -0.480 e. The highest BCUT2D eigenvalue weighted by Gasteiger charge is 2.43. The van der Waals surface area contributed by atoms with E-state index in [1.807, 2.05) is 47.4 Å². The first-order valence-corrected chi connectivity index (χ1v) is 10.9. The van der Waals surface area contributed by atoms with Gasteiger partial charge in [0.1, 0.15) is 6.54 Å². The summed E-state index contributed by atoms with van der Waals surface area (Å²) in [6.45, 7) is -0.588. The largest absolute Gasteiger partial charge is 0.480 e. The molecule has 2 aromatic rings. The van der Waals surface area contributed by atoms with Crippen LogP contribution in [0.2, 0.25) is 0 Å². The molecule has 9 nitrogen and oxygen atoms in total. The number of carbonyl (C=O) groups excluding carboxylic acids is 3. The maximum atomic E-state index is 13.3. The first-order valence-electron chi connectivity index (χ1n) is 10.9. The predicted molar refractivity (Wildman–Crippen MR) is 125 cm³/mol. The van der Waals surface area contributed by atoms with E-state index in [2.05, 4.69) is 10.3 Å². The van der Waals surface area contributed by atoms with Crippen molar-refractivity contribution in [1.82, 2.24) is 15.2 Å². The molecule has 34 heavy (non-hydrogen) atoms. The summed E-state index contributed by atoms with van der Waals surface area (Å²) >= 11 is 0. The molecule has 0 bridgehead atoms. The summed E-state index contributed by atoms with van der Waals surface area (Å²) in [6, 6.07) is -0.332. The number of aromatic nitrogens is 1. The standard InChI is InChI=1S/C25H20N4O5/c1-28-24(33)20-18-12-6-2-4-8-14(12)27-22(18)23-19(21(20)25(28)34)13-7-3-5-9-15(13)29(23)11-16(30)26-10-17(31)32/h2-5,7-9,15,27H,6,10-11H2,1H3,(H,26,30)(H,31,32). The van der Waals surface area contributed by atoms with Gasteiger partial charge in [-0.3, -0.25) is 24.1 Å². The molecule has 170 valence electrons. The van der Waals surface area contributed by atoms with Gasteiger partial charge in [-0.2, -0.15) is 0 Å². The molecule has 1 atom stereocenters. The molecule has 2 aliphatic carbocycles. The predicted octanol–water partition coefficient (Wildman–Crippen LogP) is -0.0474. The quantitative estimate of drug-likeness (QED) is 0.555. The number of hydrogen-bond acceptors (Lipinski definition) is 5. The number of carbonyl (C=O) groups is 4. The number of nitrogens with one attached hydrogen (secondary N) is 2. The fraction of sp³-hybridized carbons (Fsp3) is 0.200. The third-order valence-corrected chi connectivity index (χ3v) is 6.78. The number of anilines is 1. The van der Waals surface area contributed by atoms with Crippen LogP contribution in [0.5, 0.6) is 0 Å². The maximum absolute atomic E-state index is 13.3. The minimum atomic E-state index is -1.13.